The van der Waals surface area contributed by atoms with E-state index >= 15 is 0 Å². The van der Waals surface area contributed by atoms with Gasteiger partial charge in [-0.3, -0.25) is 4.21 Å². The number of aliphatic hydroxyl groups is 1. The van der Waals surface area contributed by atoms with Crippen molar-refractivity contribution in [2.24, 2.45) is 0 Å². The molecule has 18 heavy (non-hydrogen) atoms. The zero-order chi connectivity index (χ0) is 12.9. The predicted octanol–water partition coefficient (Wildman–Crippen LogP) is 2.56. The zero-order valence-electron chi connectivity index (χ0n) is 11.0. The maximum atomic E-state index is 12.1. The molecule has 2 saturated heterocycles. The van der Waals surface area contributed by atoms with E-state index in [1.54, 1.807) is 0 Å². The summed E-state index contributed by atoms with van der Waals surface area (Å²) in [6, 6.07) is 6.16. The highest BCUT2D eigenvalue weighted by atomic mass is 32.2. The number of hydrogen-bond acceptors (Lipinski definition) is 2. The maximum Gasteiger partial charge on any atom is 0.0924 e. The van der Waals surface area contributed by atoms with E-state index in [2.05, 4.69) is 26.0 Å². The third kappa shape index (κ3) is 1.76. The van der Waals surface area contributed by atoms with Crippen molar-refractivity contribution in [2.45, 2.75) is 55.6 Å². The summed E-state index contributed by atoms with van der Waals surface area (Å²) in [7, 11) is -0.712. The molecular formula is C15H20O2S. The molecule has 0 amide bonds. The quantitative estimate of drug-likeness (QED) is 0.846. The highest BCUT2D eigenvalue weighted by molar-refractivity contribution is 7.86. The van der Waals surface area contributed by atoms with Gasteiger partial charge in [0.15, 0.2) is 0 Å². The van der Waals surface area contributed by atoms with Gasteiger partial charge < -0.3 is 5.11 Å². The summed E-state index contributed by atoms with van der Waals surface area (Å²) in [5, 5.41) is 11.5. The standard InChI is InChI=1S/C15H20O2S/c1-10-4-3-5-11(2)14(10)15(16)8-12-6-7-13(9-15)18(12)17/h3-5,12-13,16H,6-9H2,1-2H3. The van der Waals surface area contributed by atoms with Crippen LogP contribution in [0, 0.1) is 13.8 Å². The van der Waals surface area contributed by atoms with Crippen LogP contribution in [0.1, 0.15) is 42.4 Å². The Morgan fingerprint density at radius 1 is 1.17 bits per heavy atom. The summed E-state index contributed by atoms with van der Waals surface area (Å²) < 4.78 is 12.1. The number of rotatable bonds is 1. The second-order valence-electron chi connectivity index (χ2n) is 5.86. The van der Waals surface area contributed by atoms with Crippen molar-refractivity contribution < 1.29 is 9.32 Å². The first-order chi connectivity index (χ1) is 8.51. The molecule has 1 aromatic carbocycles. The molecule has 2 unspecified atom stereocenters. The molecule has 3 rings (SSSR count). The molecular weight excluding hydrogens is 244 g/mol. The van der Waals surface area contributed by atoms with Crippen molar-refractivity contribution in [3.63, 3.8) is 0 Å². The van der Waals surface area contributed by atoms with Gasteiger partial charge in [-0.2, -0.15) is 0 Å². The van der Waals surface area contributed by atoms with Crippen molar-refractivity contribution in [3.05, 3.63) is 34.9 Å². The van der Waals surface area contributed by atoms with Crippen LogP contribution >= 0.6 is 0 Å². The van der Waals surface area contributed by atoms with Gasteiger partial charge in [-0.1, -0.05) is 18.2 Å². The monoisotopic (exact) mass is 264 g/mol. The molecule has 2 aliphatic rings. The van der Waals surface area contributed by atoms with Gasteiger partial charge in [-0.15, -0.1) is 0 Å². The van der Waals surface area contributed by atoms with E-state index in [9.17, 15) is 9.32 Å². The van der Waals surface area contributed by atoms with Crippen LogP contribution in [0.4, 0.5) is 0 Å². The number of fused-ring (bicyclic) bond motifs is 2. The van der Waals surface area contributed by atoms with E-state index in [1.165, 1.54) is 0 Å². The third-order valence-corrected chi connectivity index (χ3v) is 6.66. The molecule has 0 radical (unpaired) electrons. The fourth-order valence-electron chi connectivity index (χ4n) is 3.83. The summed E-state index contributed by atoms with van der Waals surface area (Å²) >= 11 is 0. The van der Waals surface area contributed by atoms with Crippen molar-refractivity contribution >= 4 is 10.8 Å². The SMILES string of the molecule is Cc1cccc(C)c1C1(O)CC2CCC(C1)S2=O. The van der Waals surface area contributed by atoms with Crippen LogP contribution in [0.25, 0.3) is 0 Å². The normalized spacial score (nSPS) is 38.9. The van der Waals surface area contributed by atoms with Gasteiger partial charge in [0.05, 0.1) is 5.60 Å². The Morgan fingerprint density at radius 3 is 2.17 bits per heavy atom. The lowest BCUT2D eigenvalue weighted by Gasteiger charge is -2.38. The van der Waals surface area contributed by atoms with E-state index in [1.807, 2.05) is 6.07 Å². The fraction of sp³-hybridized carbons (Fsp3) is 0.600. The number of hydrogen-bond donors (Lipinski definition) is 1. The molecule has 98 valence electrons. The van der Waals surface area contributed by atoms with Gasteiger partial charge >= 0.3 is 0 Å². The molecule has 2 aliphatic heterocycles. The fourth-order valence-corrected chi connectivity index (χ4v) is 5.99. The van der Waals surface area contributed by atoms with Crippen LogP contribution in [0.15, 0.2) is 18.2 Å². The van der Waals surface area contributed by atoms with Gasteiger partial charge in [0.2, 0.25) is 0 Å². The van der Waals surface area contributed by atoms with Crippen molar-refractivity contribution in [1.29, 1.82) is 0 Å². The Labute approximate surface area is 111 Å². The topological polar surface area (TPSA) is 37.3 Å². The molecule has 3 heteroatoms. The van der Waals surface area contributed by atoms with E-state index in [0.29, 0.717) is 12.8 Å². The Kier molecular flexibility index (Phi) is 2.87. The van der Waals surface area contributed by atoms with Crippen LogP contribution in [0.3, 0.4) is 0 Å². The Morgan fingerprint density at radius 2 is 1.67 bits per heavy atom. The van der Waals surface area contributed by atoms with E-state index < -0.39 is 16.4 Å². The maximum absolute atomic E-state index is 12.1. The lowest BCUT2D eigenvalue weighted by atomic mass is 9.81. The zero-order valence-corrected chi connectivity index (χ0v) is 11.8. The van der Waals surface area contributed by atoms with Gasteiger partial charge in [-0.05, 0) is 56.2 Å². The Hall–Kier alpha value is -0.670. The highest BCUT2D eigenvalue weighted by Gasteiger charge is 2.49. The van der Waals surface area contributed by atoms with Gasteiger partial charge in [0.1, 0.15) is 0 Å². The van der Waals surface area contributed by atoms with Crippen LogP contribution in [-0.4, -0.2) is 19.8 Å². The smallest absolute Gasteiger partial charge is 0.0924 e. The van der Waals surface area contributed by atoms with Gasteiger partial charge in [-0.25, -0.2) is 0 Å². The molecule has 0 aliphatic carbocycles. The van der Waals surface area contributed by atoms with E-state index in [-0.39, 0.29) is 10.5 Å². The van der Waals surface area contributed by atoms with Crippen LogP contribution in [0.5, 0.6) is 0 Å². The second-order valence-corrected chi connectivity index (χ2v) is 7.85. The first-order valence-electron chi connectivity index (χ1n) is 6.70. The summed E-state index contributed by atoms with van der Waals surface area (Å²) in [5.41, 5.74) is 2.64. The first-order valence-corrected chi connectivity index (χ1v) is 7.97. The van der Waals surface area contributed by atoms with Crippen molar-refractivity contribution in [1.82, 2.24) is 0 Å². The Bertz CT molecular complexity index is 473. The van der Waals surface area contributed by atoms with Crippen LogP contribution in [-0.2, 0) is 16.4 Å². The molecule has 0 aromatic heterocycles. The molecule has 2 atom stereocenters. The van der Waals surface area contributed by atoms with E-state index in [4.69, 9.17) is 0 Å². The molecule has 2 fully saturated rings. The third-order valence-electron chi connectivity index (χ3n) is 4.54. The summed E-state index contributed by atoms with van der Waals surface area (Å²) in [6.07, 6.45) is 3.37. The second kappa shape index (κ2) is 4.17. The average molecular weight is 264 g/mol. The minimum atomic E-state index is -0.755. The molecule has 1 N–H and O–H groups in total. The number of benzene rings is 1. The molecule has 2 bridgehead atoms. The van der Waals surface area contributed by atoms with Crippen molar-refractivity contribution in [2.75, 3.05) is 0 Å². The van der Waals surface area contributed by atoms with Gasteiger partial charge in [0.25, 0.3) is 0 Å². The van der Waals surface area contributed by atoms with Crippen molar-refractivity contribution in [3.8, 4) is 0 Å². The minimum absolute atomic E-state index is 0.202. The van der Waals surface area contributed by atoms with E-state index in [0.717, 1.165) is 29.5 Å². The van der Waals surface area contributed by atoms with Crippen LogP contribution < -0.4 is 0 Å². The summed E-state index contributed by atoms with van der Waals surface area (Å²) in [4.78, 5) is 0. The lowest BCUT2D eigenvalue weighted by Crippen LogP contribution is -2.41. The Balaban J connectivity index is 2.04. The molecule has 0 saturated carbocycles. The van der Waals surface area contributed by atoms with Crippen LogP contribution in [0.2, 0.25) is 0 Å². The largest absolute Gasteiger partial charge is 0.385 e. The molecule has 2 heterocycles. The summed E-state index contributed by atoms with van der Waals surface area (Å²) in [5.74, 6) is 0. The first kappa shape index (κ1) is 12.4. The molecule has 1 aromatic rings. The lowest BCUT2D eigenvalue weighted by molar-refractivity contribution is 0.0173. The summed E-state index contributed by atoms with van der Waals surface area (Å²) in [6.45, 7) is 4.13. The molecule has 0 spiro atoms. The highest BCUT2D eigenvalue weighted by Crippen LogP contribution is 2.47. The minimum Gasteiger partial charge on any atom is -0.385 e. The number of aryl methyl sites for hydroxylation is 2. The van der Waals surface area contributed by atoms with Gasteiger partial charge in [0, 0.05) is 21.3 Å². The predicted molar refractivity (Wildman–Crippen MR) is 74.0 cm³/mol. The average Bonchev–Trinajstić information content (AvgIpc) is 2.54. The molecule has 2 nitrogen and oxygen atoms in total.